The van der Waals surface area contributed by atoms with E-state index in [-0.39, 0.29) is 0 Å². The van der Waals surface area contributed by atoms with Gasteiger partial charge in [-0.1, -0.05) is 39.5 Å². The van der Waals surface area contributed by atoms with Crippen LogP contribution in [0.4, 0.5) is 0 Å². The van der Waals surface area contributed by atoms with Crippen molar-refractivity contribution in [3.63, 3.8) is 0 Å². The van der Waals surface area contributed by atoms with Gasteiger partial charge in [-0.2, -0.15) is 0 Å². The lowest BCUT2D eigenvalue weighted by molar-refractivity contribution is -0.133. The monoisotopic (exact) mass is 335 g/mol. The molecule has 0 atom stereocenters. The van der Waals surface area contributed by atoms with E-state index in [0.29, 0.717) is 24.2 Å². The Morgan fingerprint density at radius 2 is 1.87 bits per heavy atom. The summed E-state index contributed by atoms with van der Waals surface area (Å²) in [6.07, 6.45) is 9.40. The lowest BCUT2D eigenvalue weighted by Gasteiger charge is -2.31. The molecular weight excluding hydrogens is 306 g/mol. The molecule has 1 aromatic rings. The largest absolute Gasteiger partial charge is 0.343 e. The Kier molecular flexibility index (Phi) is 5.67. The molecule has 1 aromatic heterocycles. The van der Waals surface area contributed by atoms with Crippen molar-refractivity contribution in [2.24, 2.45) is 11.8 Å². The first-order valence-electron chi connectivity index (χ1n) is 9.22. The van der Waals surface area contributed by atoms with Crippen LogP contribution in [0.1, 0.15) is 74.7 Å². The molecule has 0 aromatic carbocycles. The first-order chi connectivity index (χ1) is 11.1. The summed E-state index contributed by atoms with van der Waals surface area (Å²) in [5, 5.41) is 11.3. The fraction of sp³-hybridized carbons (Fsp3) is 0.833. The minimum atomic E-state index is 0.317. The molecule has 1 saturated heterocycles. The van der Waals surface area contributed by atoms with Crippen LogP contribution in [-0.2, 0) is 11.2 Å². The zero-order valence-corrected chi connectivity index (χ0v) is 15.3. The first-order valence-corrected chi connectivity index (χ1v) is 10.0. The summed E-state index contributed by atoms with van der Waals surface area (Å²) in [5.41, 5.74) is 0. The van der Waals surface area contributed by atoms with Gasteiger partial charge in [0.15, 0.2) is 0 Å². The lowest BCUT2D eigenvalue weighted by atomic mass is 9.97. The summed E-state index contributed by atoms with van der Waals surface area (Å²) >= 11 is 1.82. The molecule has 128 valence electrons. The van der Waals surface area contributed by atoms with E-state index in [4.69, 9.17) is 0 Å². The average Bonchev–Trinajstić information content (AvgIpc) is 3.19. The zero-order valence-electron chi connectivity index (χ0n) is 14.5. The van der Waals surface area contributed by atoms with Crippen LogP contribution in [0, 0.1) is 11.8 Å². The molecule has 1 aliphatic carbocycles. The van der Waals surface area contributed by atoms with Crippen LogP contribution in [0.5, 0.6) is 0 Å². The second-order valence-electron chi connectivity index (χ2n) is 7.64. The molecular formula is C18H29N3OS. The van der Waals surface area contributed by atoms with Crippen molar-refractivity contribution in [1.82, 2.24) is 15.1 Å². The Morgan fingerprint density at radius 1 is 1.17 bits per heavy atom. The smallest absolute Gasteiger partial charge is 0.222 e. The van der Waals surface area contributed by atoms with Crippen molar-refractivity contribution in [3.8, 4) is 0 Å². The number of hydrogen-bond donors (Lipinski definition) is 0. The van der Waals surface area contributed by atoms with E-state index in [9.17, 15) is 4.79 Å². The number of amides is 1. The third kappa shape index (κ3) is 4.52. The number of nitrogens with zero attached hydrogens (tertiary/aromatic N) is 3. The Balaban J connectivity index is 1.49. The molecule has 2 aliphatic rings. The molecule has 0 unspecified atom stereocenters. The van der Waals surface area contributed by atoms with Crippen LogP contribution in [-0.4, -0.2) is 34.1 Å². The van der Waals surface area contributed by atoms with Gasteiger partial charge in [-0.25, -0.2) is 0 Å². The summed E-state index contributed by atoms with van der Waals surface area (Å²) in [6.45, 7) is 5.98. The topological polar surface area (TPSA) is 46.1 Å². The number of piperidine rings is 1. The minimum Gasteiger partial charge on any atom is -0.343 e. The second-order valence-corrected chi connectivity index (χ2v) is 8.74. The predicted molar refractivity (Wildman–Crippen MR) is 93.6 cm³/mol. The number of carbonyl (C=O) groups excluding carboxylic acids is 1. The van der Waals surface area contributed by atoms with E-state index in [1.54, 1.807) is 0 Å². The van der Waals surface area contributed by atoms with Crippen molar-refractivity contribution in [3.05, 3.63) is 10.0 Å². The standard InChI is InChI=1S/C18H29N3OS/c1-13(2)11-17(22)21-9-7-15(8-10-21)18-20-19-16(23-18)12-14-5-3-4-6-14/h13-15H,3-12H2,1-2H3. The van der Waals surface area contributed by atoms with Crippen molar-refractivity contribution < 1.29 is 4.79 Å². The summed E-state index contributed by atoms with van der Waals surface area (Å²) in [4.78, 5) is 14.2. The molecule has 1 saturated carbocycles. The lowest BCUT2D eigenvalue weighted by Crippen LogP contribution is -2.38. The molecule has 23 heavy (non-hydrogen) atoms. The van der Waals surface area contributed by atoms with Gasteiger partial charge in [-0.15, -0.1) is 21.5 Å². The molecule has 0 radical (unpaired) electrons. The molecule has 3 rings (SSSR count). The van der Waals surface area contributed by atoms with E-state index in [0.717, 1.165) is 38.3 Å². The normalized spacial score (nSPS) is 20.6. The average molecular weight is 336 g/mol. The van der Waals surface area contributed by atoms with E-state index >= 15 is 0 Å². The van der Waals surface area contributed by atoms with Crippen LogP contribution in [0.25, 0.3) is 0 Å². The second kappa shape index (κ2) is 7.73. The molecule has 0 bridgehead atoms. The molecule has 0 N–H and O–H groups in total. The van der Waals surface area contributed by atoms with Crippen molar-refractivity contribution in [2.75, 3.05) is 13.1 Å². The Labute approximate surface area is 143 Å². The maximum absolute atomic E-state index is 12.1. The molecule has 1 aliphatic heterocycles. The highest BCUT2D eigenvalue weighted by atomic mass is 32.1. The van der Waals surface area contributed by atoms with Crippen molar-refractivity contribution in [2.45, 2.75) is 71.1 Å². The Hall–Kier alpha value is -0.970. The van der Waals surface area contributed by atoms with Crippen LogP contribution < -0.4 is 0 Å². The van der Waals surface area contributed by atoms with Crippen LogP contribution >= 0.6 is 11.3 Å². The molecule has 2 fully saturated rings. The Morgan fingerprint density at radius 3 is 2.52 bits per heavy atom. The zero-order chi connectivity index (χ0) is 16.2. The maximum Gasteiger partial charge on any atom is 0.222 e. The number of likely N-dealkylation sites (tertiary alicyclic amines) is 1. The van der Waals surface area contributed by atoms with Crippen LogP contribution in [0.2, 0.25) is 0 Å². The van der Waals surface area contributed by atoms with Gasteiger partial charge in [-0.05, 0) is 24.7 Å². The van der Waals surface area contributed by atoms with E-state index in [2.05, 4.69) is 24.0 Å². The van der Waals surface area contributed by atoms with E-state index in [1.165, 1.54) is 35.7 Å². The number of rotatable bonds is 5. The fourth-order valence-electron chi connectivity index (χ4n) is 3.83. The van der Waals surface area contributed by atoms with Gasteiger partial charge in [0.05, 0.1) is 0 Å². The summed E-state index contributed by atoms with van der Waals surface area (Å²) in [5.74, 6) is 2.11. The van der Waals surface area contributed by atoms with Crippen LogP contribution in [0.15, 0.2) is 0 Å². The quantitative estimate of drug-likeness (QED) is 0.816. The third-order valence-corrected chi connectivity index (χ3v) is 6.31. The Bertz CT molecular complexity index is 514. The highest BCUT2D eigenvalue weighted by Gasteiger charge is 2.27. The maximum atomic E-state index is 12.1. The van der Waals surface area contributed by atoms with Gasteiger partial charge in [0.1, 0.15) is 10.0 Å². The predicted octanol–water partition coefficient (Wildman–Crippen LogP) is 4.02. The van der Waals surface area contributed by atoms with Gasteiger partial charge in [0, 0.05) is 31.8 Å². The van der Waals surface area contributed by atoms with Gasteiger partial charge >= 0.3 is 0 Å². The number of hydrogen-bond acceptors (Lipinski definition) is 4. The molecule has 5 heteroatoms. The highest BCUT2D eigenvalue weighted by molar-refractivity contribution is 7.11. The summed E-state index contributed by atoms with van der Waals surface area (Å²) in [6, 6.07) is 0. The number of aromatic nitrogens is 2. The van der Waals surface area contributed by atoms with Crippen LogP contribution in [0.3, 0.4) is 0 Å². The minimum absolute atomic E-state index is 0.317. The van der Waals surface area contributed by atoms with Gasteiger partial charge in [0.25, 0.3) is 0 Å². The van der Waals surface area contributed by atoms with E-state index in [1.807, 2.05) is 16.2 Å². The number of carbonyl (C=O) groups is 1. The molecule has 4 nitrogen and oxygen atoms in total. The molecule has 0 spiro atoms. The van der Waals surface area contributed by atoms with Gasteiger partial charge in [0.2, 0.25) is 5.91 Å². The van der Waals surface area contributed by atoms with Gasteiger partial charge in [-0.3, -0.25) is 4.79 Å². The SMILES string of the molecule is CC(C)CC(=O)N1CCC(c2nnc(CC3CCCC3)s2)CC1. The van der Waals surface area contributed by atoms with Crippen molar-refractivity contribution in [1.29, 1.82) is 0 Å². The fourth-order valence-corrected chi connectivity index (χ4v) is 4.96. The van der Waals surface area contributed by atoms with Crippen molar-refractivity contribution >= 4 is 17.2 Å². The molecule has 2 heterocycles. The highest BCUT2D eigenvalue weighted by Crippen LogP contribution is 2.33. The molecule has 1 amide bonds. The van der Waals surface area contributed by atoms with E-state index < -0.39 is 0 Å². The first kappa shape index (κ1) is 16.9. The summed E-state index contributed by atoms with van der Waals surface area (Å²) < 4.78 is 0. The third-order valence-electron chi connectivity index (χ3n) is 5.20. The van der Waals surface area contributed by atoms with Gasteiger partial charge < -0.3 is 4.90 Å². The summed E-state index contributed by atoms with van der Waals surface area (Å²) in [7, 11) is 0.